The van der Waals surface area contributed by atoms with Crippen molar-refractivity contribution in [1.29, 1.82) is 0 Å². The number of rotatable bonds is 14. The Morgan fingerprint density at radius 1 is 1.13 bits per heavy atom. The quantitative estimate of drug-likeness (QED) is 0.304. The Morgan fingerprint density at radius 3 is 2.44 bits per heavy atom. The zero-order chi connectivity index (χ0) is 32.8. The van der Waals surface area contributed by atoms with Gasteiger partial charge in [-0.1, -0.05) is 26.7 Å². The highest BCUT2D eigenvalue weighted by Gasteiger charge is 2.48. The smallest absolute Gasteiger partial charge is 0.308 e. The average Bonchev–Trinajstić information content (AvgIpc) is 3.62. The Morgan fingerprint density at radius 2 is 1.84 bits per heavy atom. The van der Waals surface area contributed by atoms with E-state index in [1.54, 1.807) is 48.0 Å². The first-order valence-electron chi connectivity index (χ1n) is 15.7. The van der Waals surface area contributed by atoms with Gasteiger partial charge in [0.25, 0.3) is 0 Å². The second-order valence-corrected chi connectivity index (χ2v) is 12.1. The molecule has 2 aliphatic rings. The first-order chi connectivity index (χ1) is 21.5. The highest BCUT2D eigenvalue weighted by atomic mass is 19.1. The zero-order valence-electron chi connectivity index (χ0n) is 27.2. The van der Waals surface area contributed by atoms with Gasteiger partial charge in [-0.25, -0.2) is 4.39 Å². The van der Waals surface area contributed by atoms with Crippen LogP contribution in [0.5, 0.6) is 17.2 Å². The number of nitrogens with zero attached hydrogens (tertiary/aromatic N) is 3. The fourth-order valence-corrected chi connectivity index (χ4v) is 6.69. The summed E-state index contributed by atoms with van der Waals surface area (Å²) in [7, 11) is 3.20. The van der Waals surface area contributed by atoms with Crippen LogP contribution in [0.15, 0.2) is 30.3 Å². The number of aliphatic carboxylic acids is 1. The molecule has 1 saturated heterocycles. The summed E-state index contributed by atoms with van der Waals surface area (Å²) in [5.41, 5.74) is 1.79. The third-order valence-corrected chi connectivity index (χ3v) is 9.08. The Kier molecular flexibility index (Phi) is 11.3. The standard InChI is InChI=1S/C34H46FN3O7/c1-7-9-24(10-8-2)38(25-11-12-27(35)21(3)15-25)31(40)19-37-18-26(23-16-29(43-6)33-30(17-23)44-20-45-33)32(34(41)42)28(37)13-14-36(5)22(4)39/h11-12,15-17,24,26,28,32H,7-10,13-14,18-20H2,1-6H3,(H,41,42)/t26-,28+,32-/m1/s1. The van der Waals surface area contributed by atoms with Crippen LogP contribution < -0.4 is 19.1 Å². The van der Waals surface area contributed by atoms with Crippen molar-refractivity contribution >= 4 is 23.5 Å². The van der Waals surface area contributed by atoms with Crippen LogP contribution in [0.4, 0.5) is 10.1 Å². The minimum absolute atomic E-state index is 0.0310. The molecule has 0 saturated carbocycles. The van der Waals surface area contributed by atoms with E-state index in [1.807, 2.05) is 4.90 Å². The monoisotopic (exact) mass is 627 g/mol. The molecule has 246 valence electrons. The lowest BCUT2D eigenvalue weighted by atomic mass is 9.84. The number of carboxylic acids is 1. The maximum atomic E-state index is 14.4. The van der Waals surface area contributed by atoms with Crippen molar-refractivity contribution in [3.63, 3.8) is 0 Å². The second kappa shape index (κ2) is 14.9. The maximum absolute atomic E-state index is 14.4. The van der Waals surface area contributed by atoms with E-state index in [0.29, 0.717) is 53.6 Å². The van der Waals surface area contributed by atoms with Crippen molar-refractivity contribution in [1.82, 2.24) is 9.80 Å². The molecule has 4 rings (SSSR count). The molecule has 11 heteroatoms. The summed E-state index contributed by atoms with van der Waals surface area (Å²) in [6, 6.07) is 7.68. The lowest BCUT2D eigenvalue weighted by Crippen LogP contribution is -2.48. The normalized spacial score (nSPS) is 19.2. The number of hydrogen-bond acceptors (Lipinski definition) is 7. The number of halogens is 1. The Bertz CT molecular complexity index is 1380. The predicted molar refractivity (Wildman–Crippen MR) is 168 cm³/mol. The van der Waals surface area contributed by atoms with Crippen molar-refractivity contribution in [2.24, 2.45) is 5.92 Å². The van der Waals surface area contributed by atoms with Crippen molar-refractivity contribution in [3.8, 4) is 17.2 Å². The van der Waals surface area contributed by atoms with Crippen LogP contribution >= 0.6 is 0 Å². The van der Waals surface area contributed by atoms with Crippen molar-refractivity contribution in [2.75, 3.05) is 45.5 Å². The highest BCUT2D eigenvalue weighted by molar-refractivity contribution is 5.95. The number of likely N-dealkylation sites (tertiary alicyclic amines) is 1. The number of hydrogen-bond donors (Lipinski definition) is 1. The average molecular weight is 628 g/mol. The number of carboxylic acid groups (broad SMARTS) is 1. The van der Waals surface area contributed by atoms with Crippen LogP contribution in [0, 0.1) is 18.7 Å². The van der Waals surface area contributed by atoms with E-state index in [-0.39, 0.29) is 37.0 Å². The molecule has 10 nitrogen and oxygen atoms in total. The van der Waals surface area contributed by atoms with Crippen molar-refractivity contribution in [2.45, 2.75) is 77.8 Å². The van der Waals surface area contributed by atoms with Gasteiger partial charge in [0.1, 0.15) is 5.82 Å². The van der Waals surface area contributed by atoms with Crippen LogP contribution in [0.2, 0.25) is 0 Å². The molecule has 2 heterocycles. The van der Waals surface area contributed by atoms with E-state index in [9.17, 15) is 23.9 Å². The minimum atomic E-state index is -0.983. The summed E-state index contributed by atoms with van der Waals surface area (Å²) in [4.78, 5) is 44.7. The van der Waals surface area contributed by atoms with Crippen LogP contribution in [-0.4, -0.2) is 85.4 Å². The van der Waals surface area contributed by atoms with Gasteiger partial charge in [0, 0.05) is 50.7 Å². The summed E-state index contributed by atoms with van der Waals surface area (Å²) in [5.74, 6) is -1.58. The van der Waals surface area contributed by atoms with E-state index in [0.717, 1.165) is 25.7 Å². The van der Waals surface area contributed by atoms with E-state index in [2.05, 4.69) is 13.8 Å². The van der Waals surface area contributed by atoms with Crippen LogP contribution in [0.3, 0.4) is 0 Å². The molecule has 2 aliphatic heterocycles. The Balaban J connectivity index is 1.73. The van der Waals surface area contributed by atoms with Crippen molar-refractivity contribution < 1.29 is 38.1 Å². The van der Waals surface area contributed by atoms with E-state index in [4.69, 9.17) is 14.2 Å². The molecule has 0 aromatic heterocycles. The molecule has 2 amide bonds. The highest BCUT2D eigenvalue weighted by Crippen LogP contribution is 2.47. The van der Waals surface area contributed by atoms with Crippen LogP contribution in [0.1, 0.15) is 69.9 Å². The summed E-state index contributed by atoms with van der Waals surface area (Å²) in [5, 5.41) is 10.6. The predicted octanol–water partition coefficient (Wildman–Crippen LogP) is 5.21. The topological polar surface area (TPSA) is 109 Å². The van der Waals surface area contributed by atoms with Gasteiger partial charge in [0.05, 0.1) is 19.6 Å². The number of fused-ring (bicyclic) bond motifs is 1. The molecular formula is C34H46FN3O7. The number of carbonyl (C=O) groups excluding carboxylic acids is 2. The number of carbonyl (C=O) groups is 3. The molecule has 0 bridgehead atoms. The molecule has 0 unspecified atom stereocenters. The summed E-state index contributed by atoms with van der Waals surface area (Å²) in [6.45, 7) is 7.93. The summed E-state index contributed by atoms with van der Waals surface area (Å²) in [6.07, 6.45) is 3.66. The molecule has 1 N–H and O–H groups in total. The second-order valence-electron chi connectivity index (χ2n) is 12.1. The molecular weight excluding hydrogens is 581 g/mol. The fourth-order valence-electron chi connectivity index (χ4n) is 6.69. The maximum Gasteiger partial charge on any atom is 0.308 e. The van der Waals surface area contributed by atoms with Gasteiger partial charge in [-0.3, -0.25) is 19.3 Å². The van der Waals surface area contributed by atoms with E-state index in [1.165, 1.54) is 20.1 Å². The number of amides is 2. The number of methoxy groups -OCH3 is 1. The van der Waals surface area contributed by atoms with Gasteiger partial charge in [0.2, 0.25) is 24.4 Å². The van der Waals surface area contributed by atoms with Gasteiger partial charge >= 0.3 is 5.97 Å². The van der Waals surface area contributed by atoms with Crippen LogP contribution in [-0.2, 0) is 14.4 Å². The number of benzene rings is 2. The van der Waals surface area contributed by atoms with Gasteiger partial charge < -0.3 is 29.1 Å². The van der Waals surface area contributed by atoms with Gasteiger partial charge in [-0.15, -0.1) is 0 Å². The molecule has 3 atom stereocenters. The molecule has 0 aliphatic carbocycles. The molecule has 45 heavy (non-hydrogen) atoms. The lowest BCUT2D eigenvalue weighted by Gasteiger charge is -2.35. The van der Waals surface area contributed by atoms with E-state index < -0.39 is 23.8 Å². The molecule has 0 spiro atoms. The van der Waals surface area contributed by atoms with Crippen LogP contribution in [0.25, 0.3) is 0 Å². The first kappa shape index (κ1) is 34.0. The van der Waals surface area contributed by atoms with Gasteiger partial charge in [-0.05, 0) is 67.6 Å². The molecule has 2 aromatic carbocycles. The van der Waals surface area contributed by atoms with Gasteiger partial charge in [0.15, 0.2) is 11.5 Å². The third-order valence-electron chi connectivity index (χ3n) is 9.08. The zero-order valence-corrected chi connectivity index (χ0v) is 27.2. The van der Waals surface area contributed by atoms with Crippen molar-refractivity contribution in [3.05, 3.63) is 47.3 Å². The third kappa shape index (κ3) is 7.52. The number of aryl methyl sites for hydroxylation is 1. The SMILES string of the molecule is CCCC(CCC)N(C(=O)CN1C[C@H](c2cc(OC)c3c(c2)OCO3)[C@@H](C(=O)O)[C@@H]1CCN(C)C(C)=O)c1ccc(F)c(C)c1. The Hall–Kier alpha value is -3.86. The van der Waals surface area contributed by atoms with Gasteiger partial charge in [-0.2, -0.15) is 0 Å². The lowest BCUT2D eigenvalue weighted by molar-refractivity contribution is -0.143. The molecule has 1 fully saturated rings. The summed E-state index contributed by atoms with van der Waals surface area (Å²) < 4.78 is 31.0. The largest absolute Gasteiger partial charge is 0.493 e. The van der Waals surface area contributed by atoms with E-state index >= 15 is 0 Å². The fraction of sp³-hybridized carbons (Fsp3) is 0.559. The number of anilines is 1. The molecule has 0 radical (unpaired) electrons. The number of ether oxygens (including phenoxy) is 3. The Labute approximate surface area is 265 Å². The minimum Gasteiger partial charge on any atom is -0.493 e. The summed E-state index contributed by atoms with van der Waals surface area (Å²) >= 11 is 0. The molecule has 2 aromatic rings. The first-order valence-corrected chi connectivity index (χ1v) is 15.7.